The van der Waals surface area contributed by atoms with E-state index in [2.05, 4.69) is 31.2 Å². The van der Waals surface area contributed by atoms with Crippen molar-refractivity contribution in [1.29, 1.82) is 0 Å². The normalized spacial score (nSPS) is 18.1. The molecule has 0 spiro atoms. The van der Waals surface area contributed by atoms with Crippen molar-refractivity contribution in [2.75, 3.05) is 13.1 Å². The molecular formula is C44H50F2N2O6. The van der Waals surface area contributed by atoms with Crippen LogP contribution in [0.3, 0.4) is 0 Å². The van der Waals surface area contributed by atoms with Crippen LogP contribution in [0.5, 0.6) is 11.5 Å². The number of carbonyl (C=O) groups is 2. The average molecular weight is 741 g/mol. The number of alkyl halides is 2. The van der Waals surface area contributed by atoms with Crippen molar-refractivity contribution >= 4 is 11.9 Å². The van der Waals surface area contributed by atoms with E-state index < -0.39 is 30.4 Å². The Bertz CT molecular complexity index is 1970. The molecule has 0 aliphatic carbocycles. The third-order valence-electron chi connectivity index (χ3n) is 11.1. The van der Waals surface area contributed by atoms with Crippen molar-refractivity contribution in [3.63, 3.8) is 0 Å². The molecule has 2 fully saturated rings. The molecule has 2 N–H and O–H groups in total. The topological polar surface area (TPSA) is 99.5 Å². The van der Waals surface area contributed by atoms with Crippen molar-refractivity contribution in [2.24, 2.45) is 0 Å². The zero-order valence-corrected chi connectivity index (χ0v) is 31.3. The molecule has 2 saturated heterocycles. The number of carboxylic acids is 2. The summed E-state index contributed by atoms with van der Waals surface area (Å²) < 4.78 is 40.9. The molecule has 2 atom stereocenters. The van der Waals surface area contributed by atoms with E-state index in [4.69, 9.17) is 9.47 Å². The SMILES string of the molecule is Cc1cc(CN2CCCC[C@H]2C(=O)O)ccc1OCc1cccc(-c2cccc(COc3ccc(CN4CCCC[C@H]4C(=O)O)cc3C(F)F)c2C)c1C. The molecule has 286 valence electrons. The predicted octanol–water partition coefficient (Wildman–Crippen LogP) is 9.25. The molecule has 8 nitrogen and oxygen atoms in total. The summed E-state index contributed by atoms with van der Waals surface area (Å²) in [4.78, 5) is 27.4. The third-order valence-corrected chi connectivity index (χ3v) is 11.1. The van der Waals surface area contributed by atoms with E-state index in [0.717, 1.165) is 82.5 Å². The number of aliphatic carboxylic acids is 2. The smallest absolute Gasteiger partial charge is 0.320 e. The van der Waals surface area contributed by atoms with Gasteiger partial charge in [-0.2, -0.15) is 0 Å². The molecule has 0 unspecified atom stereocenters. The van der Waals surface area contributed by atoms with Crippen LogP contribution in [-0.4, -0.2) is 57.1 Å². The molecule has 2 heterocycles. The van der Waals surface area contributed by atoms with Crippen LogP contribution < -0.4 is 9.47 Å². The minimum Gasteiger partial charge on any atom is -0.489 e. The van der Waals surface area contributed by atoms with Crippen LogP contribution in [0.25, 0.3) is 11.1 Å². The van der Waals surface area contributed by atoms with Crippen molar-refractivity contribution < 1.29 is 38.1 Å². The quantitative estimate of drug-likeness (QED) is 0.132. The third kappa shape index (κ3) is 9.10. The number of halogens is 2. The molecule has 6 rings (SSSR count). The molecule has 2 aliphatic heterocycles. The number of ether oxygens (including phenoxy) is 2. The number of hydrogen-bond donors (Lipinski definition) is 2. The zero-order valence-electron chi connectivity index (χ0n) is 31.3. The minimum atomic E-state index is -2.75. The summed E-state index contributed by atoms with van der Waals surface area (Å²) in [5.41, 5.74) is 8.55. The van der Waals surface area contributed by atoms with Gasteiger partial charge >= 0.3 is 11.9 Å². The number of carboxylic acid groups (broad SMARTS) is 2. The molecule has 4 aromatic carbocycles. The van der Waals surface area contributed by atoms with E-state index in [1.165, 1.54) is 6.07 Å². The summed E-state index contributed by atoms with van der Waals surface area (Å²) in [7, 11) is 0. The van der Waals surface area contributed by atoms with E-state index in [1.807, 2.05) is 54.0 Å². The Morgan fingerprint density at radius 3 is 1.65 bits per heavy atom. The van der Waals surface area contributed by atoms with Crippen LogP contribution in [0.2, 0.25) is 0 Å². The van der Waals surface area contributed by atoms with Crippen LogP contribution in [-0.2, 0) is 35.9 Å². The van der Waals surface area contributed by atoms with E-state index in [-0.39, 0.29) is 17.9 Å². The molecule has 0 bridgehead atoms. The summed E-state index contributed by atoms with van der Waals surface area (Å²) >= 11 is 0. The Morgan fingerprint density at radius 2 is 1.17 bits per heavy atom. The average Bonchev–Trinajstić information content (AvgIpc) is 3.15. The molecule has 0 saturated carbocycles. The van der Waals surface area contributed by atoms with Crippen molar-refractivity contribution in [2.45, 2.75) is 104 Å². The Morgan fingerprint density at radius 1 is 0.685 bits per heavy atom. The van der Waals surface area contributed by atoms with E-state index in [0.29, 0.717) is 44.6 Å². The monoisotopic (exact) mass is 740 g/mol. The van der Waals surface area contributed by atoms with Gasteiger partial charge in [-0.3, -0.25) is 19.4 Å². The number of piperidine rings is 2. The highest BCUT2D eigenvalue weighted by atomic mass is 19.3. The van der Waals surface area contributed by atoms with Gasteiger partial charge in [-0.05, 0) is 128 Å². The maximum absolute atomic E-state index is 14.3. The van der Waals surface area contributed by atoms with Crippen LogP contribution in [0.1, 0.15) is 89.5 Å². The van der Waals surface area contributed by atoms with Gasteiger partial charge in [0.2, 0.25) is 0 Å². The fraction of sp³-hybridized carbons (Fsp3) is 0.409. The molecule has 4 aromatic rings. The van der Waals surface area contributed by atoms with Gasteiger partial charge < -0.3 is 19.7 Å². The largest absolute Gasteiger partial charge is 0.489 e. The molecule has 0 aromatic heterocycles. The summed E-state index contributed by atoms with van der Waals surface area (Å²) in [6, 6.07) is 21.8. The highest BCUT2D eigenvalue weighted by molar-refractivity contribution is 5.74. The first-order valence-corrected chi connectivity index (χ1v) is 18.9. The van der Waals surface area contributed by atoms with E-state index >= 15 is 0 Å². The molecule has 0 amide bonds. The molecular weight excluding hydrogens is 690 g/mol. The molecule has 2 aliphatic rings. The Labute approximate surface area is 316 Å². The summed E-state index contributed by atoms with van der Waals surface area (Å²) in [6.07, 6.45) is 2.18. The number of benzene rings is 4. The zero-order chi connectivity index (χ0) is 38.4. The first-order chi connectivity index (χ1) is 26.0. The lowest BCUT2D eigenvalue weighted by Gasteiger charge is -2.33. The van der Waals surface area contributed by atoms with E-state index in [9.17, 15) is 28.6 Å². The fourth-order valence-electron chi connectivity index (χ4n) is 7.93. The van der Waals surface area contributed by atoms with Crippen LogP contribution >= 0.6 is 0 Å². The lowest BCUT2D eigenvalue weighted by atomic mass is 9.92. The summed E-state index contributed by atoms with van der Waals surface area (Å²) in [5, 5.41) is 19.3. The van der Waals surface area contributed by atoms with Gasteiger partial charge in [-0.15, -0.1) is 0 Å². The van der Waals surface area contributed by atoms with Crippen molar-refractivity contribution in [3.05, 3.63) is 117 Å². The Kier molecular flexibility index (Phi) is 12.7. The fourth-order valence-corrected chi connectivity index (χ4v) is 7.93. The molecule has 0 radical (unpaired) electrons. The molecule has 54 heavy (non-hydrogen) atoms. The van der Waals surface area contributed by atoms with Gasteiger partial charge in [0.1, 0.15) is 36.8 Å². The Balaban J connectivity index is 1.12. The van der Waals surface area contributed by atoms with Gasteiger partial charge in [-0.25, -0.2) is 8.78 Å². The van der Waals surface area contributed by atoms with Gasteiger partial charge in [0.25, 0.3) is 6.43 Å². The van der Waals surface area contributed by atoms with Crippen molar-refractivity contribution in [1.82, 2.24) is 9.80 Å². The highest BCUT2D eigenvalue weighted by Crippen LogP contribution is 2.35. The van der Waals surface area contributed by atoms with Crippen LogP contribution in [0.15, 0.2) is 72.8 Å². The van der Waals surface area contributed by atoms with Crippen molar-refractivity contribution in [3.8, 4) is 22.6 Å². The lowest BCUT2D eigenvalue weighted by Crippen LogP contribution is -2.44. The van der Waals surface area contributed by atoms with Crippen LogP contribution in [0, 0.1) is 20.8 Å². The minimum absolute atomic E-state index is 0.109. The maximum Gasteiger partial charge on any atom is 0.320 e. The number of likely N-dealkylation sites (tertiary alicyclic amines) is 2. The first-order valence-electron chi connectivity index (χ1n) is 18.9. The second-order valence-corrected chi connectivity index (χ2v) is 14.7. The lowest BCUT2D eigenvalue weighted by molar-refractivity contribution is -0.145. The maximum atomic E-state index is 14.3. The van der Waals surface area contributed by atoms with Gasteiger partial charge in [0.15, 0.2) is 0 Å². The number of hydrogen-bond acceptors (Lipinski definition) is 6. The number of nitrogens with zero attached hydrogens (tertiary/aromatic N) is 2. The highest BCUT2D eigenvalue weighted by Gasteiger charge is 2.30. The second kappa shape index (κ2) is 17.6. The van der Waals surface area contributed by atoms with Gasteiger partial charge in [0, 0.05) is 13.1 Å². The van der Waals surface area contributed by atoms with E-state index in [1.54, 1.807) is 12.1 Å². The van der Waals surface area contributed by atoms with Gasteiger partial charge in [-0.1, -0.05) is 67.4 Å². The first kappa shape index (κ1) is 38.9. The predicted molar refractivity (Wildman–Crippen MR) is 204 cm³/mol. The Hall–Kier alpha value is -4.80. The van der Waals surface area contributed by atoms with Crippen LogP contribution in [0.4, 0.5) is 8.78 Å². The number of rotatable bonds is 14. The number of aryl methyl sites for hydroxylation is 1. The summed E-state index contributed by atoms with van der Waals surface area (Å²) in [6.45, 7) is 8.87. The molecule has 10 heteroatoms. The second-order valence-electron chi connectivity index (χ2n) is 14.7. The van der Waals surface area contributed by atoms with Gasteiger partial charge in [0.05, 0.1) is 5.56 Å². The standard InChI is InChI=1S/C44H50F2N2O6/c1-28-22-31(24-47-20-6-4-14-38(47)43(49)50)16-18-40(28)53-26-33-10-8-12-35(29(33)2)36-13-9-11-34(30(36)3)27-54-41-19-17-32(23-37(41)42(45)46)25-48-21-7-5-15-39(48)44(51)52/h8-13,16-19,22-23,38-39,42H,4-7,14-15,20-21,24-27H2,1-3H3,(H,49,50)(H,51,52)/t38-,39-/m0/s1. The summed E-state index contributed by atoms with van der Waals surface area (Å²) in [5.74, 6) is -0.745.